The number of likely N-dealkylation sites (tertiary alicyclic amines) is 1. The average Bonchev–Trinajstić information content (AvgIpc) is 2.64. The summed E-state index contributed by atoms with van der Waals surface area (Å²) in [7, 11) is 0. The molecule has 0 spiro atoms. The van der Waals surface area contributed by atoms with Crippen LogP contribution in [0.2, 0.25) is 0 Å². The number of carbonyl (C=O) groups is 2. The van der Waals surface area contributed by atoms with Crippen LogP contribution in [0.1, 0.15) is 55.8 Å². The number of nitrogens with zero attached hydrogens (tertiary/aromatic N) is 1. The van der Waals surface area contributed by atoms with E-state index >= 15 is 0 Å². The van der Waals surface area contributed by atoms with Gasteiger partial charge in [0.05, 0.1) is 0 Å². The number of nitrogens with one attached hydrogen (secondary N) is 1. The summed E-state index contributed by atoms with van der Waals surface area (Å²) in [5.74, 6) is 0.876. The van der Waals surface area contributed by atoms with Crippen molar-refractivity contribution in [2.45, 2.75) is 51.5 Å². The Hall–Kier alpha value is -1.36. The molecule has 2 aliphatic rings. The summed E-state index contributed by atoms with van der Waals surface area (Å²) in [6.07, 6.45) is 6.34. The molecule has 3 rings (SSSR count). The van der Waals surface area contributed by atoms with Crippen LogP contribution >= 0.6 is 15.9 Å². The molecule has 0 unspecified atom stereocenters. The van der Waals surface area contributed by atoms with Gasteiger partial charge in [-0.15, -0.1) is 0 Å². The second-order valence-corrected chi connectivity index (χ2v) is 8.37. The summed E-state index contributed by atoms with van der Waals surface area (Å²) >= 11 is 3.39. The molecule has 2 atom stereocenters. The summed E-state index contributed by atoms with van der Waals surface area (Å²) in [4.78, 5) is 27.0. The molecule has 25 heavy (non-hydrogen) atoms. The second-order valence-electron chi connectivity index (χ2n) is 7.45. The Morgan fingerprint density at radius 3 is 2.32 bits per heavy atom. The molecule has 5 heteroatoms. The molecule has 1 heterocycles. The molecule has 1 aromatic rings. The number of benzene rings is 1. The highest BCUT2D eigenvalue weighted by atomic mass is 79.9. The van der Waals surface area contributed by atoms with Gasteiger partial charge in [-0.3, -0.25) is 9.59 Å². The molecular formula is C20H27BrN2O2. The summed E-state index contributed by atoms with van der Waals surface area (Å²) < 4.78 is 0.969. The zero-order valence-electron chi connectivity index (χ0n) is 14.8. The normalized spacial score (nSPS) is 24.8. The third-order valence-electron chi connectivity index (χ3n) is 5.68. The smallest absolute Gasteiger partial charge is 0.253 e. The Balaban J connectivity index is 1.50. The van der Waals surface area contributed by atoms with Gasteiger partial charge in [-0.25, -0.2) is 0 Å². The van der Waals surface area contributed by atoms with E-state index in [4.69, 9.17) is 0 Å². The fraction of sp³-hybridized carbons (Fsp3) is 0.600. The maximum absolute atomic E-state index is 12.6. The molecule has 1 aliphatic carbocycles. The highest BCUT2D eigenvalue weighted by Crippen LogP contribution is 2.25. The lowest BCUT2D eigenvalue weighted by Gasteiger charge is -2.34. The van der Waals surface area contributed by atoms with Crippen molar-refractivity contribution in [3.05, 3.63) is 34.3 Å². The summed E-state index contributed by atoms with van der Waals surface area (Å²) in [5.41, 5.74) is 0.710. The van der Waals surface area contributed by atoms with Crippen LogP contribution in [0.15, 0.2) is 28.7 Å². The third-order valence-corrected chi connectivity index (χ3v) is 6.21. The maximum atomic E-state index is 12.6. The molecule has 2 fully saturated rings. The molecule has 1 saturated carbocycles. The average molecular weight is 407 g/mol. The van der Waals surface area contributed by atoms with E-state index in [1.807, 2.05) is 29.2 Å². The molecule has 1 aromatic carbocycles. The van der Waals surface area contributed by atoms with Gasteiger partial charge in [-0.05, 0) is 55.9 Å². The van der Waals surface area contributed by atoms with Crippen LogP contribution in [0, 0.1) is 11.8 Å². The Morgan fingerprint density at radius 1 is 1.04 bits per heavy atom. The zero-order chi connectivity index (χ0) is 17.8. The minimum Gasteiger partial charge on any atom is -0.353 e. The van der Waals surface area contributed by atoms with Crippen molar-refractivity contribution >= 4 is 27.7 Å². The molecule has 2 amide bonds. The molecule has 4 nitrogen and oxygen atoms in total. The van der Waals surface area contributed by atoms with Gasteiger partial charge in [0.25, 0.3) is 5.91 Å². The van der Waals surface area contributed by atoms with E-state index in [0.717, 1.165) is 23.7 Å². The number of halogens is 1. The lowest BCUT2D eigenvalue weighted by molar-refractivity contribution is -0.127. The Kier molecular flexibility index (Phi) is 6.15. The van der Waals surface area contributed by atoms with E-state index < -0.39 is 0 Å². The quantitative estimate of drug-likeness (QED) is 0.824. The molecule has 0 aromatic heterocycles. The van der Waals surface area contributed by atoms with E-state index in [1.54, 1.807) is 0 Å². The van der Waals surface area contributed by atoms with Gasteiger partial charge in [0.2, 0.25) is 5.91 Å². The minimum atomic E-state index is 0.0445. The number of piperidine rings is 1. The standard InChI is InChI=1S/C20H27BrN2O2/c1-14-4-2-3-5-18(14)22-19(24)15-10-12-23(13-11-15)20(25)16-6-8-17(21)9-7-16/h6-9,14-15,18H,2-5,10-13H2,1H3,(H,22,24)/t14-,18+/m1/s1. The van der Waals surface area contributed by atoms with Crippen LogP contribution in [0.4, 0.5) is 0 Å². The van der Waals surface area contributed by atoms with Gasteiger partial charge in [0.15, 0.2) is 0 Å². The first-order chi connectivity index (χ1) is 12.0. The number of carbonyl (C=O) groups excluding carboxylic acids is 2. The maximum Gasteiger partial charge on any atom is 0.253 e. The lowest BCUT2D eigenvalue weighted by Crippen LogP contribution is -2.47. The lowest BCUT2D eigenvalue weighted by atomic mass is 9.85. The fourth-order valence-electron chi connectivity index (χ4n) is 3.95. The predicted octanol–water partition coefficient (Wildman–Crippen LogP) is 4.00. The Labute approximate surface area is 158 Å². The van der Waals surface area contributed by atoms with Gasteiger partial charge in [-0.1, -0.05) is 35.7 Å². The first-order valence-electron chi connectivity index (χ1n) is 9.40. The van der Waals surface area contributed by atoms with Crippen LogP contribution in [0.3, 0.4) is 0 Å². The van der Waals surface area contributed by atoms with Gasteiger partial charge in [0, 0.05) is 35.1 Å². The second kappa shape index (κ2) is 8.35. The van der Waals surface area contributed by atoms with Crippen molar-refractivity contribution in [3.63, 3.8) is 0 Å². The van der Waals surface area contributed by atoms with Crippen molar-refractivity contribution in [2.24, 2.45) is 11.8 Å². The first kappa shape index (κ1) is 18.4. The third kappa shape index (κ3) is 4.63. The molecule has 1 aliphatic heterocycles. The Bertz CT molecular complexity index is 609. The molecule has 1 N–H and O–H groups in total. The number of rotatable bonds is 3. The van der Waals surface area contributed by atoms with E-state index in [1.165, 1.54) is 19.3 Å². The van der Waals surface area contributed by atoms with E-state index in [-0.39, 0.29) is 17.7 Å². The van der Waals surface area contributed by atoms with Crippen molar-refractivity contribution < 1.29 is 9.59 Å². The van der Waals surface area contributed by atoms with Crippen LogP contribution in [-0.2, 0) is 4.79 Å². The van der Waals surface area contributed by atoms with Crippen LogP contribution in [0.5, 0.6) is 0 Å². The predicted molar refractivity (Wildman–Crippen MR) is 102 cm³/mol. The van der Waals surface area contributed by atoms with Crippen molar-refractivity contribution in [1.82, 2.24) is 10.2 Å². The summed E-state index contributed by atoms with van der Waals surface area (Å²) in [6.45, 7) is 3.56. The fourth-order valence-corrected chi connectivity index (χ4v) is 4.22. The first-order valence-corrected chi connectivity index (χ1v) is 10.2. The molecule has 0 bridgehead atoms. The van der Waals surface area contributed by atoms with Crippen LogP contribution in [-0.4, -0.2) is 35.8 Å². The van der Waals surface area contributed by atoms with Crippen molar-refractivity contribution in [3.8, 4) is 0 Å². The molecule has 0 radical (unpaired) electrons. The Morgan fingerprint density at radius 2 is 1.68 bits per heavy atom. The van der Waals surface area contributed by atoms with Gasteiger partial charge >= 0.3 is 0 Å². The number of hydrogen-bond acceptors (Lipinski definition) is 2. The minimum absolute atomic E-state index is 0.0445. The number of hydrogen-bond donors (Lipinski definition) is 1. The monoisotopic (exact) mass is 406 g/mol. The molecule has 1 saturated heterocycles. The van der Waals surface area contributed by atoms with Gasteiger partial charge in [0.1, 0.15) is 0 Å². The molecular weight excluding hydrogens is 380 g/mol. The van der Waals surface area contributed by atoms with E-state index in [0.29, 0.717) is 30.6 Å². The van der Waals surface area contributed by atoms with E-state index in [2.05, 4.69) is 28.2 Å². The molecule has 136 valence electrons. The summed E-state index contributed by atoms with van der Waals surface area (Å²) in [6, 6.07) is 7.80. The van der Waals surface area contributed by atoms with Crippen LogP contribution < -0.4 is 5.32 Å². The van der Waals surface area contributed by atoms with Crippen molar-refractivity contribution in [1.29, 1.82) is 0 Å². The highest BCUT2D eigenvalue weighted by Gasteiger charge is 2.30. The summed E-state index contributed by atoms with van der Waals surface area (Å²) in [5, 5.41) is 3.27. The van der Waals surface area contributed by atoms with Crippen LogP contribution in [0.25, 0.3) is 0 Å². The van der Waals surface area contributed by atoms with Crippen molar-refractivity contribution in [2.75, 3.05) is 13.1 Å². The SMILES string of the molecule is C[C@@H]1CCCC[C@@H]1NC(=O)C1CCN(C(=O)c2ccc(Br)cc2)CC1. The largest absolute Gasteiger partial charge is 0.353 e. The number of amides is 2. The van der Waals surface area contributed by atoms with Gasteiger partial charge in [-0.2, -0.15) is 0 Å². The van der Waals surface area contributed by atoms with E-state index in [9.17, 15) is 9.59 Å². The van der Waals surface area contributed by atoms with Gasteiger partial charge < -0.3 is 10.2 Å². The highest BCUT2D eigenvalue weighted by molar-refractivity contribution is 9.10. The topological polar surface area (TPSA) is 49.4 Å². The zero-order valence-corrected chi connectivity index (χ0v) is 16.4.